The topological polar surface area (TPSA) is 46.2 Å². The highest BCUT2D eigenvalue weighted by atomic mass is 79.9. The fraction of sp³-hybridized carbons (Fsp3) is 0.625. The molecular weight excluding hydrogens is 350 g/mol. The van der Waals surface area contributed by atoms with Crippen molar-refractivity contribution in [2.75, 3.05) is 7.05 Å². The van der Waals surface area contributed by atoms with Gasteiger partial charge in [-0.05, 0) is 56.5 Å². The molecule has 1 saturated carbocycles. The van der Waals surface area contributed by atoms with Gasteiger partial charge in [-0.15, -0.1) is 0 Å². The van der Waals surface area contributed by atoms with E-state index in [2.05, 4.69) is 28.2 Å². The zero-order chi connectivity index (χ0) is 15.5. The third-order valence-corrected chi connectivity index (χ3v) is 7.28. The van der Waals surface area contributed by atoms with E-state index in [4.69, 9.17) is 0 Å². The van der Waals surface area contributed by atoms with Gasteiger partial charge in [-0.1, -0.05) is 35.7 Å². The maximum atomic E-state index is 13.0. The van der Waals surface area contributed by atoms with E-state index in [1.807, 2.05) is 7.05 Å². The molecule has 0 spiro atoms. The van der Waals surface area contributed by atoms with Crippen molar-refractivity contribution >= 4 is 25.8 Å². The summed E-state index contributed by atoms with van der Waals surface area (Å²) in [4.78, 5) is 0.438. The molecule has 3 atom stereocenters. The van der Waals surface area contributed by atoms with E-state index in [0.29, 0.717) is 10.8 Å². The van der Waals surface area contributed by atoms with Gasteiger partial charge in [0.2, 0.25) is 0 Å². The van der Waals surface area contributed by atoms with Gasteiger partial charge in [0.1, 0.15) is 0 Å². The first-order chi connectivity index (χ1) is 9.98. The summed E-state index contributed by atoms with van der Waals surface area (Å²) in [6.45, 7) is 2.17. The number of hydrogen-bond donors (Lipinski definition) is 1. The molecule has 1 aliphatic rings. The Morgan fingerprint density at radius 3 is 2.48 bits per heavy atom. The van der Waals surface area contributed by atoms with Crippen LogP contribution in [0.25, 0.3) is 0 Å². The highest BCUT2D eigenvalue weighted by Crippen LogP contribution is 2.34. The van der Waals surface area contributed by atoms with Crippen molar-refractivity contribution in [2.45, 2.75) is 55.2 Å². The molecule has 0 radical (unpaired) electrons. The van der Waals surface area contributed by atoms with Crippen LogP contribution >= 0.6 is 15.9 Å². The lowest BCUT2D eigenvalue weighted by Gasteiger charge is -2.35. The van der Waals surface area contributed by atoms with Gasteiger partial charge in [-0.25, -0.2) is 8.42 Å². The predicted octanol–water partition coefficient (Wildman–Crippen LogP) is 3.78. The number of nitrogens with one attached hydrogen (secondary N) is 1. The number of halogens is 1. The van der Waals surface area contributed by atoms with Crippen LogP contribution in [0.1, 0.15) is 39.0 Å². The van der Waals surface area contributed by atoms with Gasteiger partial charge in [0.05, 0.1) is 10.1 Å². The molecule has 0 amide bonds. The van der Waals surface area contributed by atoms with E-state index in [1.165, 1.54) is 0 Å². The van der Waals surface area contributed by atoms with Crippen molar-refractivity contribution in [3.63, 3.8) is 0 Å². The summed E-state index contributed by atoms with van der Waals surface area (Å²) < 4.78 is 26.8. The lowest BCUT2D eigenvalue weighted by molar-refractivity contribution is 0.288. The van der Waals surface area contributed by atoms with E-state index >= 15 is 0 Å². The van der Waals surface area contributed by atoms with Gasteiger partial charge in [-0.2, -0.15) is 0 Å². The maximum absolute atomic E-state index is 13.0. The van der Waals surface area contributed by atoms with Crippen LogP contribution < -0.4 is 5.32 Å². The van der Waals surface area contributed by atoms with Crippen LogP contribution in [0.5, 0.6) is 0 Å². The van der Waals surface area contributed by atoms with E-state index in [-0.39, 0.29) is 11.3 Å². The molecule has 3 unspecified atom stereocenters. The molecule has 0 bridgehead atoms. The minimum absolute atomic E-state index is 0.0618. The molecule has 2 rings (SSSR count). The number of hydrogen-bond acceptors (Lipinski definition) is 3. The van der Waals surface area contributed by atoms with Crippen molar-refractivity contribution < 1.29 is 8.42 Å². The van der Waals surface area contributed by atoms with E-state index in [1.54, 1.807) is 24.3 Å². The first-order valence-corrected chi connectivity index (χ1v) is 9.99. The highest BCUT2D eigenvalue weighted by molar-refractivity contribution is 9.10. The highest BCUT2D eigenvalue weighted by Gasteiger charge is 2.38. The maximum Gasteiger partial charge on any atom is 0.182 e. The first kappa shape index (κ1) is 17.0. The Kier molecular flexibility index (Phi) is 5.86. The number of rotatable bonds is 5. The summed E-state index contributed by atoms with van der Waals surface area (Å²) >= 11 is 3.36. The molecule has 0 aromatic heterocycles. The lowest BCUT2D eigenvalue weighted by Crippen LogP contribution is -2.46. The molecule has 0 aliphatic heterocycles. The summed E-state index contributed by atoms with van der Waals surface area (Å²) in [7, 11) is -1.40. The number of sulfone groups is 1. The fourth-order valence-electron chi connectivity index (χ4n) is 3.35. The van der Waals surface area contributed by atoms with Crippen molar-refractivity contribution in [2.24, 2.45) is 5.92 Å². The molecule has 3 nitrogen and oxygen atoms in total. The van der Waals surface area contributed by atoms with Crippen LogP contribution in [0, 0.1) is 5.92 Å². The Labute approximate surface area is 136 Å². The zero-order valence-corrected chi connectivity index (χ0v) is 15.1. The second-order valence-electron chi connectivity index (χ2n) is 5.90. The summed E-state index contributed by atoms with van der Waals surface area (Å²) in [6, 6.07) is 7.07. The summed E-state index contributed by atoms with van der Waals surface area (Å²) in [5.41, 5.74) is 0. The molecule has 1 aliphatic carbocycles. The monoisotopic (exact) mass is 373 g/mol. The van der Waals surface area contributed by atoms with Crippen LogP contribution in [0.4, 0.5) is 0 Å². The molecule has 0 heterocycles. The smallest absolute Gasteiger partial charge is 0.182 e. The molecule has 1 aromatic rings. The fourth-order valence-corrected chi connectivity index (χ4v) is 5.71. The van der Waals surface area contributed by atoms with E-state index < -0.39 is 9.84 Å². The Morgan fingerprint density at radius 2 is 1.90 bits per heavy atom. The van der Waals surface area contributed by atoms with E-state index in [0.717, 1.165) is 36.6 Å². The Bertz CT molecular complexity index is 556. The molecule has 1 fully saturated rings. The Morgan fingerprint density at radius 1 is 1.24 bits per heavy atom. The van der Waals surface area contributed by atoms with Gasteiger partial charge < -0.3 is 5.32 Å². The largest absolute Gasteiger partial charge is 0.316 e. The minimum atomic E-state index is -3.27. The van der Waals surface area contributed by atoms with Crippen LogP contribution in [-0.4, -0.2) is 26.8 Å². The Balaban J connectivity index is 2.28. The number of benzene rings is 1. The average Bonchev–Trinajstić information content (AvgIpc) is 2.48. The second kappa shape index (κ2) is 7.25. The molecular formula is C16H24BrNO2S. The van der Waals surface area contributed by atoms with Gasteiger partial charge >= 0.3 is 0 Å². The second-order valence-corrected chi connectivity index (χ2v) is 8.98. The molecule has 1 aromatic carbocycles. The van der Waals surface area contributed by atoms with Crippen LogP contribution in [-0.2, 0) is 9.84 Å². The van der Waals surface area contributed by atoms with E-state index in [9.17, 15) is 8.42 Å². The molecule has 1 N–H and O–H groups in total. The van der Waals surface area contributed by atoms with Gasteiger partial charge in [-0.3, -0.25) is 0 Å². The molecule has 5 heteroatoms. The summed E-state index contributed by atoms with van der Waals surface area (Å²) in [5.74, 6) is 0.537. The Hall–Kier alpha value is -0.390. The normalized spacial score (nSPS) is 26.7. The standard InChI is InChI=1S/C16H24BrNO2S/c1-3-4-12-5-10-15(18-2)16(11-12)21(19,20)14-8-6-13(17)7-9-14/h6-9,12,15-16,18H,3-5,10-11H2,1-2H3. The zero-order valence-electron chi connectivity index (χ0n) is 12.7. The summed E-state index contributed by atoms with van der Waals surface area (Å²) in [5, 5.41) is 2.90. The SMILES string of the molecule is CCCC1CCC(NC)C(S(=O)(=O)c2ccc(Br)cc2)C1. The third kappa shape index (κ3) is 3.88. The van der Waals surface area contributed by atoms with Gasteiger partial charge in [0, 0.05) is 10.5 Å². The average molecular weight is 374 g/mol. The minimum Gasteiger partial charge on any atom is -0.316 e. The predicted molar refractivity (Wildman–Crippen MR) is 90.2 cm³/mol. The van der Waals surface area contributed by atoms with Crippen molar-refractivity contribution in [3.05, 3.63) is 28.7 Å². The van der Waals surface area contributed by atoms with Crippen LogP contribution in [0.2, 0.25) is 0 Å². The van der Waals surface area contributed by atoms with Crippen molar-refractivity contribution in [1.82, 2.24) is 5.32 Å². The molecule has 118 valence electrons. The van der Waals surface area contributed by atoms with Gasteiger partial charge in [0.25, 0.3) is 0 Å². The third-order valence-electron chi connectivity index (χ3n) is 4.51. The van der Waals surface area contributed by atoms with Crippen molar-refractivity contribution in [1.29, 1.82) is 0 Å². The van der Waals surface area contributed by atoms with Crippen molar-refractivity contribution in [3.8, 4) is 0 Å². The van der Waals surface area contributed by atoms with Crippen LogP contribution in [0.3, 0.4) is 0 Å². The lowest BCUT2D eigenvalue weighted by atomic mass is 9.83. The van der Waals surface area contributed by atoms with Crippen LogP contribution in [0.15, 0.2) is 33.6 Å². The first-order valence-electron chi connectivity index (χ1n) is 7.65. The quantitative estimate of drug-likeness (QED) is 0.853. The molecule has 0 saturated heterocycles. The molecule has 21 heavy (non-hydrogen) atoms. The van der Waals surface area contributed by atoms with Gasteiger partial charge in [0.15, 0.2) is 9.84 Å². The summed E-state index contributed by atoms with van der Waals surface area (Å²) in [6.07, 6.45) is 5.10.